The van der Waals surface area contributed by atoms with Gasteiger partial charge in [0.05, 0.1) is 0 Å². The largest absolute Gasteiger partial charge is 0.478 e. The van der Waals surface area contributed by atoms with Crippen LogP contribution in [0.2, 0.25) is 0 Å². The summed E-state index contributed by atoms with van der Waals surface area (Å²) in [4.78, 5) is 22.5. The molecule has 0 saturated carbocycles. The molecule has 0 radical (unpaired) electrons. The summed E-state index contributed by atoms with van der Waals surface area (Å²) < 4.78 is 5.43. The van der Waals surface area contributed by atoms with Crippen molar-refractivity contribution < 1.29 is 19.4 Å². The third-order valence-electron chi connectivity index (χ3n) is 2.68. The number of aromatic nitrogens is 2. The van der Waals surface area contributed by atoms with Crippen LogP contribution in [0.1, 0.15) is 26.4 Å². The Morgan fingerprint density at radius 3 is 2.52 bits per heavy atom. The Hall–Kier alpha value is -2.96. The minimum Gasteiger partial charge on any atom is -0.478 e. The number of rotatable bonds is 4. The van der Waals surface area contributed by atoms with E-state index >= 15 is 0 Å². The average molecular weight is 287 g/mol. The van der Waals surface area contributed by atoms with Crippen LogP contribution in [0.25, 0.3) is 0 Å². The molecule has 7 nitrogen and oxygen atoms in total. The van der Waals surface area contributed by atoms with Gasteiger partial charge in [-0.3, -0.25) is 4.79 Å². The van der Waals surface area contributed by atoms with Crippen molar-refractivity contribution in [2.75, 3.05) is 7.05 Å². The second-order valence-corrected chi connectivity index (χ2v) is 4.24. The van der Waals surface area contributed by atoms with Gasteiger partial charge in [-0.05, 0) is 30.7 Å². The summed E-state index contributed by atoms with van der Waals surface area (Å²) in [5.74, 6) is -1.18. The fourth-order valence-electron chi connectivity index (χ4n) is 1.63. The predicted molar refractivity (Wildman–Crippen MR) is 73.6 cm³/mol. The first kappa shape index (κ1) is 14.4. The molecule has 1 heterocycles. The van der Waals surface area contributed by atoms with Gasteiger partial charge in [0, 0.05) is 13.1 Å². The molecule has 2 N–H and O–H groups in total. The number of carboxylic acid groups (broad SMARTS) is 1. The van der Waals surface area contributed by atoms with E-state index in [-0.39, 0.29) is 28.8 Å². The molecule has 0 aliphatic carbocycles. The molecule has 0 aliphatic rings. The number of ether oxygens (including phenoxy) is 1. The average Bonchev–Trinajstić information content (AvgIpc) is 2.47. The second-order valence-electron chi connectivity index (χ2n) is 4.24. The third kappa shape index (κ3) is 3.33. The molecule has 0 fully saturated rings. The van der Waals surface area contributed by atoms with Crippen LogP contribution in [0, 0.1) is 6.92 Å². The molecule has 0 saturated heterocycles. The van der Waals surface area contributed by atoms with Gasteiger partial charge >= 0.3 is 5.97 Å². The monoisotopic (exact) mass is 287 g/mol. The summed E-state index contributed by atoms with van der Waals surface area (Å²) in [6, 6.07) is 7.62. The van der Waals surface area contributed by atoms with Gasteiger partial charge < -0.3 is 15.2 Å². The van der Waals surface area contributed by atoms with E-state index in [2.05, 4.69) is 15.5 Å². The summed E-state index contributed by atoms with van der Waals surface area (Å²) in [7, 11) is 1.49. The summed E-state index contributed by atoms with van der Waals surface area (Å²) in [6.07, 6.45) is 0. The zero-order chi connectivity index (χ0) is 15.4. The molecule has 108 valence electrons. The van der Waals surface area contributed by atoms with Crippen molar-refractivity contribution in [1.82, 2.24) is 15.5 Å². The summed E-state index contributed by atoms with van der Waals surface area (Å²) >= 11 is 0. The lowest BCUT2D eigenvalue weighted by molar-refractivity contribution is 0.0694. The van der Waals surface area contributed by atoms with Crippen molar-refractivity contribution in [3.8, 4) is 11.6 Å². The van der Waals surface area contributed by atoms with E-state index in [1.807, 2.05) is 6.92 Å². The number of hydrogen-bond donors (Lipinski definition) is 2. The number of carboxylic acids is 1. The minimum atomic E-state index is -1.10. The molecule has 2 rings (SSSR count). The Bertz CT molecular complexity index is 683. The van der Waals surface area contributed by atoms with Gasteiger partial charge in [0.25, 0.3) is 5.91 Å². The van der Waals surface area contributed by atoms with E-state index in [9.17, 15) is 9.59 Å². The van der Waals surface area contributed by atoms with Crippen molar-refractivity contribution in [2.45, 2.75) is 6.92 Å². The molecule has 0 bridgehead atoms. The molecule has 0 spiro atoms. The Morgan fingerprint density at radius 1 is 1.19 bits per heavy atom. The topological polar surface area (TPSA) is 101 Å². The maximum Gasteiger partial charge on any atom is 0.339 e. The number of hydrogen-bond acceptors (Lipinski definition) is 5. The Balaban J connectivity index is 2.28. The van der Waals surface area contributed by atoms with E-state index in [4.69, 9.17) is 9.84 Å². The van der Waals surface area contributed by atoms with Crippen LogP contribution < -0.4 is 10.1 Å². The molecular formula is C14H13N3O4. The molecular weight excluding hydrogens is 274 g/mol. The lowest BCUT2D eigenvalue weighted by Crippen LogP contribution is -2.19. The van der Waals surface area contributed by atoms with Gasteiger partial charge in [-0.2, -0.15) is 0 Å². The van der Waals surface area contributed by atoms with Gasteiger partial charge in [0.15, 0.2) is 5.69 Å². The van der Waals surface area contributed by atoms with E-state index in [0.29, 0.717) is 0 Å². The normalized spacial score (nSPS) is 10.0. The first-order valence-electron chi connectivity index (χ1n) is 6.09. The van der Waals surface area contributed by atoms with E-state index in [0.717, 1.165) is 5.56 Å². The number of carbonyl (C=O) groups excluding carboxylic acids is 1. The van der Waals surface area contributed by atoms with Crippen molar-refractivity contribution >= 4 is 11.9 Å². The Labute approximate surface area is 120 Å². The van der Waals surface area contributed by atoms with E-state index in [1.165, 1.54) is 25.2 Å². The van der Waals surface area contributed by atoms with Crippen molar-refractivity contribution in [3.63, 3.8) is 0 Å². The third-order valence-corrected chi connectivity index (χ3v) is 2.68. The van der Waals surface area contributed by atoms with Gasteiger partial charge in [-0.25, -0.2) is 4.79 Å². The zero-order valence-electron chi connectivity index (χ0n) is 11.5. The highest BCUT2D eigenvalue weighted by atomic mass is 16.5. The first-order chi connectivity index (χ1) is 10.0. The fraction of sp³-hybridized carbons (Fsp3) is 0.143. The van der Waals surface area contributed by atoms with Crippen LogP contribution >= 0.6 is 0 Å². The van der Waals surface area contributed by atoms with E-state index in [1.54, 1.807) is 12.1 Å². The van der Waals surface area contributed by atoms with Crippen LogP contribution in [-0.2, 0) is 0 Å². The number of nitrogens with one attached hydrogen (secondary N) is 1. The van der Waals surface area contributed by atoms with Crippen LogP contribution in [-0.4, -0.2) is 34.2 Å². The van der Waals surface area contributed by atoms with Crippen LogP contribution in [0.15, 0.2) is 30.3 Å². The van der Waals surface area contributed by atoms with Crippen LogP contribution in [0.4, 0.5) is 0 Å². The minimum absolute atomic E-state index is 0.0257. The quantitative estimate of drug-likeness (QED) is 0.886. The zero-order valence-corrected chi connectivity index (χ0v) is 11.5. The maximum absolute atomic E-state index is 11.3. The van der Waals surface area contributed by atoms with Gasteiger partial charge in [0.1, 0.15) is 11.3 Å². The highest BCUT2D eigenvalue weighted by Gasteiger charge is 2.13. The smallest absolute Gasteiger partial charge is 0.339 e. The van der Waals surface area contributed by atoms with Crippen LogP contribution in [0.3, 0.4) is 0 Å². The van der Waals surface area contributed by atoms with Gasteiger partial charge in [0.2, 0.25) is 5.88 Å². The molecule has 2 aromatic rings. The highest BCUT2D eigenvalue weighted by Crippen LogP contribution is 2.25. The van der Waals surface area contributed by atoms with Crippen molar-refractivity contribution in [1.29, 1.82) is 0 Å². The number of aromatic carboxylic acids is 1. The molecule has 1 amide bonds. The number of benzene rings is 1. The highest BCUT2D eigenvalue weighted by molar-refractivity contribution is 5.92. The van der Waals surface area contributed by atoms with Gasteiger partial charge in [-0.1, -0.05) is 6.07 Å². The fourth-order valence-corrected chi connectivity index (χ4v) is 1.63. The summed E-state index contributed by atoms with van der Waals surface area (Å²) in [5.41, 5.74) is 1.02. The number of amides is 1. The molecule has 1 aromatic carbocycles. The lowest BCUT2D eigenvalue weighted by Gasteiger charge is -2.08. The lowest BCUT2D eigenvalue weighted by atomic mass is 10.1. The second kappa shape index (κ2) is 6.00. The Morgan fingerprint density at radius 2 is 1.95 bits per heavy atom. The standard InChI is InChI=1S/C14H13N3O4/c1-8-3-4-9(14(19)20)11(7-8)21-12-6-5-10(16-17-12)13(18)15-2/h3-7H,1-2H3,(H,15,18)(H,19,20). The molecule has 0 aliphatic heterocycles. The number of aryl methyl sites for hydroxylation is 1. The molecule has 0 unspecified atom stereocenters. The first-order valence-corrected chi connectivity index (χ1v) is 6.09. The van der Waals surface area contributed by atoms with E-state index < -0.39 is 5.97 Å². The molecule has 1 aromatic heterocycles. The predicted octanol–water partition coefficient (Wildman–Crippen LogP) is 1.64. The van der Waals surface area contributed by atoms with Crippen LogP contribution in [0.5, 0.6) is 11.6 Å². The summed E-state index contributed by atoms with van der Waals surface area (Å²) in [5, 5.41) is 19.0. The van der Waals surface area contributed by atoms with Crippen molar-refractivity contribution in [3.05, 3.63) is 47.2 Å². The SMILES string of the molecule is CNC(=O)c1ccc(Oc2cc(C)ccc2C(=O)O)nn1. The maximum atomic E-state index is 11.3. The van der Waals surface area contributed by atoms with Crippen molar-refractivity contribution in [2.24, 2.45) is 0 Å². The molecule has 21 heavy (non-hydrogen) atoms. The number of carbonyl (C=O) groups is 2. The molecule has 7 heteroatoms. The summed E-state index contributed by atoms with van der Waals surface area (Å²) in [6.45, 7) is 1.82. The Kier molecular flexibility index (Phi) is 4.13. The molecule has 0 atom stereocenters. The number of nitrogens with zero attached hydrogens (tertiary/aromatic N) is 2. The van der Waals surface area contributed by atoms with Gasteiger partial charge in [-0.15, -0.1) is 10.2 Å².